The smallest absolute Gasteiger partial charge is 0.0633 e. The van der Waals surface area contributed by atoms with E-state index in [-0.39, 0.29) is 6.04 Å². The Morgan fingerprint density at radius 2 is 1.00 bits per heavy atom. The lowest BCUT2D eigenvalue weighted by Gasteiger charge is -2.29. The van der Waals surface area contributed by atoms with Crippen molar-refractivity contribution in [3.8, 4) is 27.9 Å². The Bertz CT molecular complexity index is 4020. The largest absolute Gasteiger partial charge is 0.333 e. The summed E-state index contributed by atoms with van der Waals surface area (Å²) < 4.78 is 2.50. The van der Waals surface area contributed by atoms with Gasteiger partial charge in [-0.25, -0.2) is 0 Å². The van der Waals surface area contributed by atoms with Crippen LogP contribution >= 0.6 is 0 Å². The minimum absolute atomic E-state index is 0.214. The van der Waals surface area contributed by atoms with E-state index in [0.717, 1.165) is 6.42 Å². The molecule has 2 heteroatoms. The second kappa shape index (κ2) is 14.5. The van der Waals surface area contributed by atoms with Gasteiger partial charge in [0.1, 0.15) is 0 Å². The van der Waals surface area contributed by atoms with Crippen LogP contribution in [0.3, 0.4) is 0 Å². The molecule has 0 fully saturated rings. The molecule has 1 aromatic heterocycles. The van der Waals surface area contributed by atoms with Gasteiger partial charge in [-0.2, -0.15) is 0 Å². The van der Waals surface area contributed by atoms with Crippen molar-refractivity contribution in [3.05, 3.63) is 248 Å². The topological polar surface area (TPSA) is 8.17 Å². The van der Waals surface area contributed by atoms with E-state index >= 15 is 0 Å². The molecule has 0 saturated carbocycles. The molecule has 14 rings (SSSR count). The van der Waals surface area contributed by atoms with Crippen LogP contribution in [0.4, 0.5) is 11.4 Å². The molecule has 1 aliphatic carbocycles. The Labute approximate surface area is 383 Å². The highest BCUT2D eigenvalue weighted by atomic mass is 15.2. The van der Waals surface area contributed by atoms with Gasteiger partial charge < -0.3 is 9.47 Å². The number of benzene rings is 11. The summed E-state index contributed by atoms with van der Waals surface area (Å²) in [7, 11) is 0. The first-order valence-corrected chi connectivity index (χ1v) is 23.1. The molecule has 1 aliphatic heterocycles. The molecule has 12 aromatic rings. The van der Waals surface area contributed by atoms with Gasteiger partial charge in [-0.15, -0.1) is 0 Å². The number of anilines is 2. The number of allylic oxidation sites excluding steroid dienone is 2. The molecule has 0 bridgehead atoms. The average molecular weight is 839 g/mol. The number of aromatic nitrogens is 1. The first-order valence-electron chi connectivity index (χ1n) is 23.1. The molecule has 11 aromatic carbocycles. The van der Waals surface area contributed by atoms with Crippen molar-refractivity contribution in [2.45, 2.75) is 12.5 Å². The maximum atomic E-state index is 2.55. The molecule has 1 atom stereocenters. The van der Waals surface area contributed by atoms with Crippen LogP contribution in [-0.4, -0.2) is 10.6 Å². The fraction of sp³-hybridized carbons (Fsp3) is 0.0312. The third-order valence-corrected chi connectivity index (χ3v) is 14.4. The van der Waals surface area contributed by atoms with Crippen LogP contribution in [0.1, 0.15) is 17.5 Å². The van der Waals surface area contributed by atoms with Crippen molar-refractivity contribution in [1.29, 1.82) is 0 Å². The van der Waals surface area contributed by atoms with E-state index in [1.807, 2.05) is 0 Å². The quantitative estimate of drug-likeness (QED) is 0.157. The van der Waals surface area contributed by atoms with Crippen LogP contribution in [-0.2, 0) is 0 Å². The molecule has 66 heavy (non-hydrogen) atoms. The summed E-state index contributed by atoms with van der Waals surface area (Å²) in [6.07, 6.45) is 5.89. The number of fused-ring (bicyclic) bond motifs is 12. The lowest BCUT2D eigenvalue weighted by atomic mass is 9.84. The Kier molecular flexibility index (Phi) is 8.14. The van der Waals surface area contributed by atoms with Gasteiger partial charge in [0.15, 0.2) is 0 Å². The van der Waals surface area contributed by atoms with Crippen LogP contribution in [0.2, 0.25) is 0 Å². The molecule has 2 nitrogen and oxygen atoms in total. The number of hydrogen-bond acceptors (Lipinski definition) is 1. The monoisotopic (exact) mass is 838 g/mol. The predicted octanol–water partition coefficient (Wildman–Crippen LogP) is 17.1. The molecular weight excluding hydrogens is 797 g/mol. The van der Waals surface area contributed by atoms with Gasteiger partial charge in [0.2, 0.25) is 0 Å². The Balaban J connectivity index is 0.961. The van der Waals surface area contributed by atoms with Crippen molar-refractivity contribution < 1.29 is 0 Å². The highest BCUT2D eigenvalue weighted by Gasteiger charge is 2.36. The number of rotatable bonds is 5. The summed E-state index contributed by atoms with van der Waals surface area (Å²) in [6.45, 7) is 0. The minimum Gasteiger partial charge on any atom is -0.333 e. The standard InChI is InChI=1S/C64H42N2/c1-3-17-41(18-4-1)42-33-35-59-56(37-42)57-38-44(34-36-60(57)65(59)46-21-5-2-6-22-46)55-39-45-20-15-29-52(63(45)51-27-12-10-25-49(51)55)53-30-16-32-61-64(53)54-28-13-14-31-58(54)66(61)62-40-43-19-7-8-23-47(43)48-24-9-11-26-50(48)62/h1-35,37-40,60H,36H2. The molecule has 2 aliphatic rings. The van der Waals surface area contributed by atoms with Crippen LogP contribution in [0.5, 0.6) is 0 Å². The first-order chi connectivity index (χ1) is 32.8. The highest BCUT2D eigenvalue weighted by molar-refractivity contribution is 6.24. The van der Waals surface area contributed by atoms with E-state index < -0.39 is 0 Å². The maximum absolute atomic E-state index is 2.55. The number of nitrogens with zero attached hydrogens (tertiary/aromatic N) is 2. The van der Waals surface area contributed by atoms with Crippen LogP contribution in [0.15, 0.2) is 237 Å². The van der Waals surface area contributed by atoms with E-state index in [1.54, 1.807) is 0 Å². The Morgan fingerprint density at radius 3 is 1.83 bits per heavy atom. The normalized spacial score (nSPS) is 14.6. The molecule has 0 spiro atoms. The maximum Gasteiger partial charge on any atom is 0.0633 e. The lowest BCUT2D eigenvalue weighted by Crippen LogP contribution is -2.27. The molecule has 0 amide bonds. The second-order valence-corrected chi connectivity index (χ2v) is 17.9. The van der Waals surface area contributed by atoms with Crippen molar-refractivity contribution >= 4 is 87.4 Å². The number of para-hydroxylation sites is 2. The van der Waals surface area contributed by atoms with Crippen LogP contribution in [0.25, 0.3) is 104 Å². The third kappa shape index (κ3) is 5.49. The Hall–Kier alpha value is -8.46. The van der Waals surface area contributed by atoms with Gasteiger partial charge in [-0.3, -0.25) is 0 Å². The molecule has 0 saturated heterocycles. The number of hydrogen-bond donors (Lipinski definition) is 0. The first kappa shape index (κ1) is 37.0. The van der Waals surface area contributed by atoms with Gasteiger partial charge >= 0.3 is 0 Å². The van der Waals surface area contributed by atoms with Gasteiger partial charge in [0.25, 0.3) is 0 Å². The van der Waals surface area contributed by atoms with Crippen LogP contribution < -0.4 is 4.90 Å². The molecule has 0 radical (unpaired) electrons. The SMILES string of the molecule is C1=C(c2cc3cccc(-c4cccc5c4c4ccccc4n5-c4cc5ccccc5c5ccccc45)c3c3ccccc23)C=C2c3cc(-c4ccccc4)ccc3N(c3ccccc3)C2C1. The van der Waals surface area contributed by atoms with E-state index in [0.29, 0.717) is 0 Å². The summed E-state index contributed by atoms with van der Waals surface area (Å²) in [6, 6.07) is 83.3. The van der Waals surface area contributed by atoms with Crippen molar-refractivity contribution in [3.63, 3.8) is 0 Å². The fourth-order valence-corrected chi connectivity index (χ4v) is 11.6. The molecule has 308 valence electrons. The molecule has 0 N–H and O–H groups in total. The van der Waals surface area contributed by atoms with Crippen molar-refractivity contribution in [2.24, 2.45) is 0 Å². The molecular formula is C64H42N2. The Morgan fingerprint density at radius 1 is 0.364 bits per heavy atom. The van der Waals surface area contributed by atoms with Gasteiger partial charge in [-0.05, 0) is 138 Å². The molecule has 1 unspecified atom stereocenters. The zero-order valence-corrected chi connectivity index (χ0v) is 36.2. The van der Waals surface area contributed by atoms with E-state index in [2.05, 4.69) is 246 Å². The summed E-state index contributed by atoms with van der Waals surface area (Å²) in [5.74, 6) is 0. The van der Waals surface area contributed by atoms with Crippen molar-refractivity contribution in [2.75, 3.05) is 4.90 Å². The molecule has 2 heterocycles. The zero-order valence-electron chi connectivity index (χ0n) is 36.2. The van der Waals surface area contributed by atoms with Gasteiger partial charge in [-0.1, -0.05) is 182 Å². The zero-order chi connectivity index (χ0) is 43.3. The summed E-state index contributed by atoms with van der Waals surface area (Å²) in [5.41, 5.74) is 16.3. The van der Waals surface area contributed by atoms with Gasteiger partial charge in [0, 0.05) is 33.1 Å². The van der Waals surface area contributed by atoms with Crippen LogP contribution in [0, 0.1) is 0 Å². The van der Waals surface area contributed by atoms with Crippen molar-refractivity contribution in [1.82, 2.24) is 4.57 Å². The van der Waals surface area contributed by atoms with E-state index in [1.165, 1.54) is 126 Å². The summed E-state index contributed by atoms with van der Waals surface area (Å²) >= 11 is 0. The van der Waals surface area contributed by atoms with Gasteiger partial charge in [0.05, 0.1) is 22.8 Å². The fourth-order valence-electron chi connectivity index (χ4n) is 11.6. The predicted molar refractivity (Wildman–Crippen MR) is 281 cm³/mol. The summed E-state index contributed by atoms with van der Waals surface area (Å²) in [4.78, 5) is 2.55. The highest BCUT2D eigenvalue weighted by Crippen LogP contribution is 2.51. The lowest BCUT2D eigenvalue weighted by molar-refractivity contribution is 0.831. The summed E-state index contributed by atoms with van der Waals surface area (Å²) in [5, 5.41) is 12.6. The minimum atomic E-state index is 0.214. The third-order valence-electron chi connectivity index (χ3n) is 14.4. The average Bonchev–Trinajstić information content (AvgIpc) is 3.91. The van der Waals surface area contributed by atoms with E-state index in [4.69, 9.17) is 0 Å². The second-order valence-electron chi connectivity index (χ2n) is 17.9. The van der Waals surface area contributed by atoms with E-state index in [9.17, 15) is 0 Å².